The lowest BCUT2D eigenvalue weighted by molar-refractivity contribution is 0.758. The second kappa shape index (κ2) is 14.8. The zero-order chi connectivity index (χ0) is 42.5. The normalized spacial score (nSPS) is 14.3. The van der Waals surface area contributed by atoms with E-state index in [-0.39, 0.29) is 0 Å². The molecule has 0 N–H and O–H groups in total. The Balaban J connectivity index is 1.13. The van der Waals surface area contributed by atoms with Crippen molar-refractivity contribution in [1.29, 1.82) is 0 Å². The molecule has 1 aliphatic carbocycles. The molecule has 63 heavy (non-hydrogen) atoms. The van der Waals surface area contributed by atoms with E-state index in [1.165, 1.54) is 112 Å². The van der Waals surface area contributed by atoms with Crippen LogP contribution in [-0.4, -0.2) is 0 Å². The molecule has 0 spiro atoms. The van der Waals surface area contributed by atoms with Crippen molar-refractivity contribution < 1.29 is 0 Å². The van der Waals surface area contributed by atoms with E-state index in [0.717, 1.165) is 12.1 Å². The van der Waals surface area contributed by atoms with Crippen LogP contribution in [0.25, 0.3) is 74.3 Å². The molecule has 2 aromatic heterocycles. The summed E-state index contributed by atoms with van der Waals surface area (Å²) in [5.41, 5.74) is 10.1. The molecule has 4 heteroatoms. The maximum atomic E-state index is 2.62. The highest BCUT2D eigenvalue weighted by Crippen LogP contribution is 2.50. The summed E-state index contributed by atoms with van der Waals surface area (Å²) in [6, 6.07) is 62.2. The predicted molar refractivity (Wildman–Crippen MR) is 277 cm³/mol. The SMILES string of the molecule is CC1CC=c2c(sc3ccccc23)=C1N(c1ccc(C(C)C)cc1)c1ccc2ccc3c(N(c4ccc(C(C)C)cc4)c4cccc5c4sc4ccccc45)ccc4ccc1c2c43. The number of rotatable bonds is 8. The van der Waals surface area contributed by atoms with Crippen LogP contribution in [0.4, 0.5) is 28.4 Å². The number of hydrogen-bond acceptors (Lipinski definition) is 4. The van der Waals surface area contributed by atoms with Crippen LogP contribution in [-0.2, 0) is 0 Å². The molecule has 2 nitrogen and oxygen atoms in total. The van der Waals surface area contributed by atoms with Crippen molar-refractivity contribution in [1.82, 2.24) is 0 Å². The average Bonchev–Trinajstić information content (AvgIpc) is 3.89. The molecule has 0 radical (unpaired) electrons. The Labute approximate surface area is 376 Å². The summed E-state index contributed by atoms with van der Waals surface area (Å²) < 4.78 is 5.34. The highest BCUT2D eigenvalue weighted by Gasteiger charge is 2.28. The summed E-state index contributed by atoms with van der Waals surface area (Å²) in [6.45, 7) is 11.5. The average molecular weight is 849 g/mol. The van der Waals surface area contributed by atoms with Crippen LogP contribution >= 0.6 is 22.7 Å². The summed E-state index contributed by atoms with van der Waals surface area (Å²) in [5.74, 6) is 1.24. The van der Waals surface area contributed by atoms with Crippen molar-refractivity contribution in [2.45, 2.75) is 52.9 Å². The first-order chi connectivity index (χ1) is 30.8. The summed E-state index contributed by atoms with van der Waals surface area (Å²) in [5, 5.41) is 13.0. The van der Waals surface area contributed by atoms with Gasteiger partial charge in [-0.2, -0.15) is 0 Å². The van der Waals surface area contributed by atoms with Crippen molar-refractivity contribution in [3.8, 4) is 0 Å². The molecule has 1 atom stereocenters. The minimum absolute atomic E-state index is 0.327. The first-order valence-electron chi connectivity index (χ1n) is 22.5. The standard InChI is InChI=1S/C59H48N2S2/c1-35(2)38-18-26-42(27-19-38)60(52-14-10-13-46-44-11-6-8-15-53(44)62-58(46)52)50-33-24-40-23-32-49-51(34-25-41-22-31-48(50)55(40)56(41)49)61(43-28-20-39(21-29-43)36(3)4)57-37(5)17-30-47-45-12-7-9-16-54(45)63-59(47)57/h6-16,18-37H,17H2,1-5H3. The van der Waals surface area contributed by atoms with Gasteiger partial charge in [-0.25, -0.2) is 0 Å². The van der Waals surface area contributed by atoms with Crippen LogP contribution in [0.2, 0.25) is 0 Å². The Morgan fingerprint density at radius 3 is 1.60 bits per heavy atom. The lowest BCUT2D eigenvalue weighted by Crippen LogP contribution is -2.35. The maximum absolute atomic E-state index is 2.62. The number of anilines is 5. The molecule has 0 saturated carbocycles. The fourth-order valence-corrected chi connectivity index (χ4v) is 12.9. The van der Waals surface area contributed by atoms with Crippen LogP contribution in [0.1, 0.15) is 64.0 Å². The van der Waals surface area contributed by atoms with E-state index in [1.54, 1.807) is 0 Å². The van der Waals surface area contributed by atoms with E-state index in [9.17, 15) is 0 Å². The quantitative estimate of drug-likeness (QED) is 0.141. The first-order valence-corrected chi connectivity index (χ1v) is 24.1. The van der Waals surface area contributed by atoms with Gasteiger partial charge in [-0.1, -0.05) is 150 Å². The Morgan fingerprint density at radius 1 is 0.460 bits per heavy atom. The van der Waals surface area contributed by atoms with Gasteiger partial charge < -0.3 is 9.80 Å². The van der Waals surface area contributed by atoms with E-state index in [0.29, 0.717) is 17.8 Å². The summed E-state index contributed by atoms with van der Waals surface area (Å²) >= 11 is 3.83. The summed E-state index contributed by atoms with van der Waals surface area (Å²) in [7, 11) is 0. The van der Waals surface area contributed by atoms with Crippen molar-refractivity contribution in [3.05, 3.63) is 185 Å². The van der Waals surface area contributed by atoms with Gasteiger partial charge in [-0.15, -0.1) is 22.7 Å². The molecule has 1 aliphatic rings. The van der Waals surface area contributed by atoms with Crippen LogP contribution in [0.15, 0.2) is 164 Å². The molecule has 0 fully saturated rings. The predicted octanol–water partition coefficient (Wildman–Crippen LogP) is 16.6. The molecule has 2 heterocycles. The first kappa shape index (κ1) is 38.2. The largest absolute Gasteiger partial charge is 0.312 e. The molecule has 9 aromatic carbocycles. The molecular formula is C59H48N2S2. The van der Waals surface area contributed by atoms with Crippen LogP contribution in [0, 0.1) is 5.92 Å². The smallest absolute Gasteiger partial charge is 0.0640 e. The third kappa shape index (κ3) is 6.03. The van der Waals surface area contributed by atoms with E-state index in [2.05, 4.69) is 214 Å². The topological polar surface area (TPSA) is 6.48 Å². The monoisotopic (exact) mass is 848 g/mol. The van der Waals surface area contributed by atoms with Crippen molar-refractivity contribution in [2.24, 2.45) is 5.92 Å². The molecule has 0 amide bonds. The van der Waals surface area contributed by atoms with Gasteiger partial charge in [0.1, 0.15) is 0 Å². The van der Waals surface area contributed by atoms with Crippen molar-refractivity contribution in [3.63, 3.8) is 0 Å². The third-order valence-corrected chi connectivity index (χ3v) is 16.0. The number of nitrogens with zero attached hydrogens (tertiary/aromatic N) is 2. The molecule has 0 bridgehead atoms. The highest BCUT2D eigenvalue weighted by atomic mass is 32.1. The van der Waals surface area contributed by atoms with E-state index in [1.807, 2.05) is 22.7 Å². The molecule has 0 aliphatic heterocycles. The van der Waals surface area contributed by atoms with E-state index < -0.39 is 0 Å². The fraction of sp³-hybridized carbons (Fsp3) is 0.153. The Bertz CT molecular complexity index is 3680. The van der Waals surface area contributed by atoms with Crippen molar-refractivity contribution >= 4 is 125 Å². The molecular weight excluding hydrogens is 801 g/mol. The Hall–Kier alpha value is -6.46. The molecule has 0 saturated heterocycles. The molecule has 12 rings (SSSR count). The van der Waals surface area contributed by atoms with E-state index >= 15 is 0 Å². The molecule has 306 valence electrons. The number of hydrogen-bond donors (Lipinski definition) is 0. The van der Waals surface area contributed by atoms with Crippen LogP contribution in [0.5, 0.6) is 0 Å². The summed E-state index contributed by atoms with van der Waals surface area (Å²) in [6.07, 6.45) is 3.48. The van der Waals surface area contributed by atoms with E-state index in [4.69, 9.17) is 0 Å². The van der Waals surface area contributed by atoms with Crippen LogP contribution < -0.4 is 19.6 Å². The van der Waals surface area contributed by atoms with Gasteiger partial charge in [0.25, 0.3) is 0 Å². The number of thiophene rings is 2. The minimum Gasteiger partial charge on any atom is -0.312 e. The molecule has 1 unspecified atom stereocenters. The van der Waals surface area contributed by atoms with Gasteiger partial charge in [-0.05, 0) is 111 Å². The fourth-order valence-electron chi connectivity index (χ4n) is 10.3. The lowest BCUT2D eigenvalue weighted by atomic mass is 9.90. The lowest BCUT2D eigenvalue weighted by Gasteiger charge is -2.34. The zero-order valence-electron chi connectivity index (χ0n) is 36.3. The van der Waals surface area contributed by atoms with Crippen molar-refractivity contribution in [2.75, 3.05) is 9.80 Å². The molecule has 11 aromatic rings. The van der Waals surface area contributed by atoms with Gasteiger partial charge in [-0.3, -0.25) is 0 Å². The Kier molecular flexibility index (Phi) is 9.00. The third-order valence-electron chi connectivity index (χ3n) is 13.6. The number of fused-ring (bicyclic) bond motifs is 6. The van der Waals surface area contributed by atoms with Gasteiger partial charge in [0.05, 0.1) is 26.3 Å². The van der Waals surface area contributed by atoms with Gasteiger partial charge in [0.2, 0.25) is 0 Å². The maximum Gasteiger partial charge on any atom is 0.0640 e. The van der Waals surface area contributed by atoms with Gasteiger partial charge in [0, 0.05) is 59.3 Å². The zero-order valence-corrected chi connectivity index (χ0v) is 37.9. The second-order valence-corrected chi connectivity index (χ2v) is 20.2. The van der Waals surface area contributed by atoms with Gasteiger partial charge in [0.15, 0.2) is 0 Å². The highest BCUT2D eigenvalue weighted by molar-refractivity contribution is 7.26. The minimum atomic E-state index is 0.327. The summed E-state index contributed by atoms with van der Waals surface area (Å²) in [4.78, 5) is 5.14. The number of benzene rings is 9. The second-order valence-electron chi connectivity index (χ2n) is 18.1. The van der Waals surface area contributed by atoms with Crippen LogP contribution in [0.3, 0.4) is 0 Å². The Morgan fingerprint density at radius 2 is 0.984 bits per heavy atom. The van der Waals surface area contributed by atoms with Gasteiger partial charge >= 0.3 is 0 Å².